The minimum absolute atomic E-state index is 0.126. The van der Waals surface area contributed by atoms with Crippen molar-refractivity contribution < 1.29 is 5.11 Å². The molecule has 0 fully saturated rings. The van der Waals surface area contributed by atoms with Crippen molar-refractivity contribution >= 4 is 23.7 Å². The third kappa shape index (κ3) is 5.18. The van der Waals surface area contributed by atoms with Gasteiger partial charge < -0.3 is 15.7 Å². The summed E-state index contributed by atoms with van der Waals surface area (Å²) in [6.07, 6.45) is 1.19. The van der Waals surface area contributed by atoms with Gasteiger partial charge in [-0.2, -0.15) is 15.0 Å². The lowest BCUT2D eigenvalue weighted by Crippen LogP contribution is -2.28. The smallest absolute Gasteiger partial charge is 0.230 e. The fourth-order valence-electron chi connectivity index (χ4n) is 1.09. The molecule has 0 radical (unpaired) electrons. The Bertz CT molecular complexity index is 377. The Morgan fingerprint density at radius 2 is 1.76 bits per heavy atom. The average Bonchev–Trinajstić information content (AvgIpc) is 2.13. The van der Waals surface area contributed by atoms with E-state index in [1.165, 1.54) is 11.8 Å². The molecular formula is C10H19N5OS. The van der Waals surface area contributed by atoms with E-state index in [-0.39, 0.29) is 5.54 Å². The van der Waals surface area contributed by atoms with Gasteiger partial charge in [-0.05, 0) is 34.0 Å². The lowest BCUT2D eigenvalue weighted by Gasteiger charge is -2.21. The lowest BCUT2D eigenvalue weighted by atomic mass is 10.1. The van der Waals surface area contributed by atoms with Gasteiger partial charge in [0, 0.05) is 5.54 Å². The number of hydrogen-bond donors (Lipinski definition) is 3. The quantitative estimate of drug-likeness (QED) is 0.557. The predicted octanol–water partition coefficient (Wildman–Crippen LogP) is 1.55. The summed E-state index contributed by atoms with van der Waals surface area (Å²) in [5.74, 6) is 0.867. The van der Waals surface area contributed by atoms with Crippen LogP contribution in [-0.4, -0.2) is 38.1 Å². The number of aliphatic hydroxyl groups is 1. The molecule has 7 heteroatoms. The van der Waals surface area contributed by atoms with E-state index in [4.69, 9.17) is 0 Å². The minimum atomic E-state index is -0.699. The number of nitrogens with one attached hydrogen (secondary N) is 2. The topological polar surface area (TPSA) is 83.0 Å². The first-order valence-electron chi connectivity index (χ1n) is 5.33. The molecule has 1 aromatic rings. The molecule has 3 N–H and O–H groups in total. The SMILES string of the molecule is CSc1nc(NC(C)O)nc(NC(C)(C)C)n1. The normalized spacial score (nSPS) is 13.3. The molecular weight excluding hydrogens is 238 g/mol. The molecule has 0 aliphatic heterocycles. The number of anilines is 2. The van der Waals surface area contributed by atoms with Crippen LogP contribution in [0.3, 0.4) is 0 Å². The van der Waals surface area contributed by atoms with E-state index in [1.54, 1.807) is 6.92 Å². The van der Waals surface area contributed by atoms with E-state index >= 15 is 0 Å². The van der Waals surface area contributed by atoms with Gasteiger partial charge in [-0.25, -0.2) is 0 Å². The van der Waals surface area contributed by atoms with Crippen LogP contribution in [0.25, 0.3) is 0 Å². The molecule has 0 amide bonds. The molecule has 0 saturated heterocycles. The number of nitrogens with zero attached hydrogens (tertiary/aromatic N) is 3. The summed E-state index contributed by atoms with van der Waals surface area (Å²) in [6.45, 7) is 7.69. The summed E-state index contributed by atoms with van der Waals surface area (Å²) in [4.78, 5) is 12.6. The second kappa shape index (κ2) is 5.50. The maximum absolute atomic E-state index is 9.25. The van der Waals surface area contributed by atoms with Gasteiger partial charge in [0.2, 0.25) is 11.9 Å². The second-order valence-corrected chi connectivity index (χ2v) is 5.44. The minimum Gasteiger partial charge on any atom is -0.374 e. The molecule has 96 valence electrons. The third-order valence-electron chi connectivity index (χ3n) is 1.62. The maximum atomic E-state index is 9.25. The first-order valence-corrected chi connectivity index (χ1v) is 6.55. The number of aliphatic hydroxyl groups excluding tert-OH is 1. The Morgan fingerprint density at radius 3 is 2.24 bits per heavy atom. The molecule has 0 bridgehead atoms. The summed E-state index contributed by atoms with van der Waals surface area (Å²) in [7, 11) is 0. The molecule has 17 heavy (non-hydrogen) atoms. The second-order valence-electron chi connectivity index (χ2n) is 4.66. The van der Waals surface area contributed by atoms with Gasteiger partial charge in [0.1, 0.15) is 6.23 Å². The fourth-order valence-corrected chi connectivity index (χ4v) is 1.45. The maximum Gasteiger partial charge on any atom is 0.230 e. The van der Waals surface area contributed by atoms with Crippen LogP contribution in [0.4, 0.5) is 11.9 Å². The molecule has 1 aromatic heterocycles. The Kier molecular flexibility index (Phi) is 4.53. The van der Waals surface area contributed by atoms with Gasteiger partial charge in [0.05, 0.1) is 0 Å². The summed E-state index contributed by atoms with van der Waals surface area (Å²) >= 11 is 1.43. The van der Waals surface area contributed by atoms with Crippen molar-refractivity contribution in [1.82, 2.24) is 15.0 Å². The van der Waals surface area contributed by atoms with Crippen LogP contribution in [0.15, 0.2) is 5.16 Å². The monoisotopic (exact) mass is 257 g/mol. The van der Waals surface area contributed by atoms with Crippen molar-refractivity contribution in [2.24, 2.45) is 0 Å². The Labute approximate surface area is 106 Å². The number of thioether (sulfide) groups is 1. The van der Waals surface area contributed by atoms with Crippen LogP contribution >= 0.6 is 11.8 Å². The van der Waals surface area contributed by atoms with E-state index in [9.17, 15) is 5.11 Å². The van der Waals surface area contributed by atoms with E-state index in [0.717, 1.165) is 0 Å². The molecule has 6 nitrogen and oxygen atoms in total. The van der Waals surface area contributed by atoms with Crippen LogP contribution < -0.4 is 10.6 Å². The molecule has 1 heterocycles. The summed E-state index contributed by atoms with van der Waals surface area (Å²) < 4.78 is 0. The standard InChI is InChI=1S/C10H19N5OS/c1-6(16)11-7-12-8(15-10(2,3)4)14-9(13-7)17-5/h6,16H,1-5H3,(H2,11,12,13,14,15). The summed E-state index contributed by atoms with van der Waals surface area (Å²) in [5, 5.41) is 15.8. The molecule has 1 unspecified atom stereocenters. The van der Waals surface area contributed by atoms with E-state index in [2.05, 4.69) is 25.6 Å². The highest BCUT2D eigenvalue weighted by molar-refractivity contribution is 7.98. The van der Waals surface area contributed by atoms with Crippen molar-refractivity contribution in [2.45, 2.75) is 44.6 Å². The van der Waals surface area contributed by atoms with Crippen LogP contribution in [0.1, 0.15) is 27.7 Å². The zero-order valence-corrected chi connectivity index (χ0v) is 11.6. The zero-order valence-electron chi connectivity index (χ0n) is 10.8. The van der Waals surface area contributed by atoms with Gasteiger partial charge in [0.25, 0.3) is 0 Å². The van der Waals surface area contributed by atoms with Crippen molar-refractivity contribution in [3.05, 3.63) is 0 Å². The molecule has 0 aromatic carbocycles. The van der Waals surface area contributed by atoms with Crippen LogP contribution in [0.5, 0.6) is 0 Å². The van der Waals surface area contributed by atoms with Gasteiger partial charge >= 0.3 is 0 Å². The van der Waals surface area contributed by atoms with Crippen molar-refractivity contribution in [1.29, 1.82) is 0 Å². The number of aromatic nitrogens is 3. The molecule has 1 rings (SSSR count). The van der Waals surface area contributed by atoms with Crippen LogP contribution in [0.2, 0.25) is 0 Å². The van der Waals surface area contributed by atoms with Crippen molar-refractivity contribution in [2.75, 3.05) is 16.9 Å². The van der Waals surface area contributed by atoms with E-state index in [1.807, 2.05) is 27.0 Å². The van der Waals surface area contributed by atoms with Gasteiger partial charge in [-0.15, -0.1) is 0 Å². The van der Waals surface area contributed by atoms with Crippen LogP contribution in [-0.2, 0) is 0 Å². The molecule has 0 saturated carbocycles. The Balaban J connectivity index is 2.97. The van der Waals surface area contributed by atoms with Crippen molar-refractivity contribution in [3.8, 4) is 0 Å². The third-order valence-corrected chi connectivity index (χ3v) is 2.17. The fraction of sp³-hybridized carbons (Fsp3) is 0.700. The highest BCUT2D eigenvalue weighted by Gasteiger charge is 2.14. The van der Waals surface area contributed by atoms with Gasteiger partial charge in [-0.1, -0.05) is 11.8 Å². The first-order chi connectivity index (χ1) is 7.80. The summed E-state index contributed by atoms with van der Waals surface area (Å²) in [6, 6.07) is 0. The summed E-state index contributed by atoms with van der Waals surface area (Å²) in [5.41, 5.74) is -0.126. The molecule has 0 spiro atoms. The zero-order chi connectivity index (χ0) is 13.1. The largest absolute Gasteiger partial charge is 0.374 e. The molecule has 1 atom stereocenters. The van der Waals surface area contributed by atoms with Gasteiger partial charge in [-0.3, -0.25) is 0 Å². The predicted molar refractivity (Wildman–Crippen MR) is 70.3 cm³/mol. The molecule has 0 aliphatic carbocycles. The van der Waals surface area contributed by atoms with E-state index in [0.29, 0.717) is 17.1 Å². The Hall–Kier alpha value is -1.08. The lowest BCUT2D eigenvalue weighted by molar-refractivity contribution is 0.223. The van der Waals surface area contributed by atoms with Gasteiger partial charge in [0.15, 0.2) is 5.16 Å². The van der Waals surface area contributed by atoms with Crippen LogP contribution in [0, 0.1) is 0 Å². The highest BCUT2D eigenvalue weighted by Crippen LogP contribution is 2.16. The van der Waals surface area contributed by atoms with E-state index < -0.39 is 6.23 Å². The number of rotatable bonds is 4. The Morgan fingerprint density at radius 1 is 1.18 bits per heavy atom. The molecule has 0 aliphatic rings. The number of hydrogen-bond acceptors (Lipinski definition) is 7. The van der Waals surface area contributed by atoms with Crippen molar-refractivity contribution in [3.63, 3.8) is 0 Å². The first kappa shape index (κ1) is 14.0. The average molecular weight is 257 g/mol. The highest BCUT2D eigenvalue weighted by atomic mass is 32.2.